The molecule has 0 spiro atoms. The summed E-state index contributed by atoms with van der Waals surface area (Å²) in [5.41, 5.74) is 8.16. The standard InChI is InChI=1S/C16H22N2O2/c1-11-8-18(9-12(2)20-11)15(7-17)14-10-19-16-6-4-3-5-13(14)16/h3-6,10-12,15H,7-9,17H2,1-2H3/t11-,12+,15?. The fourth-order valence-electron chi connectivity index (χ4n) is 3.20. The topological polar surface area (TPSA) is 51.6 Å². The lowest BCUT2D eigenvalue weighted by Crippen LogP contribution is -2.48. The van der Waals surface area contributed by atoms with E-state index in [9.17, 15) is 0 Å². The van der Waals surface area contributed by atoms with E-state index in [1.807, 2.05) is 24.5 Å². The molecule has 0 aliphatic carbocycles. The van der Waals surface area contributed by atoms with Crippen LogP contribution >= 0.6 is 0 Å². The van der Waals surface area contributed by atoms with Gasteiger partial charge in [0.1, 0.15) is 5.58 Å². The number of furan rings is 1. The number of hydrogen-bond acceptors (Lipinski definition) is 4. The number of para-hydroxylation sites is 1. The van der Waals surface area contributed by atoms with E-state index in [1.165, 1.54) is 5.56 Å². The summed E-state index contributed by atoms with van der Waals surface area (Å²) < 4.78 is 11.5. The summed E-state index contributed by atoms with van der Waals surface area (Å²) in [4.78, 5) is 2.41. The monoisotopic (exact) mass is 274 g/mol. The molecular weight excluding hydrogens is 252 g/mol. The summed E-state index contributed by atoms with van der Waals surface area (Å²) in [6, 6.07) is 8.32. The van der Waals surface area contributed by atoms with Gasteiger partial charge in [-0.2, -0.15) is 0 Å². The summed E-state index contributed by atoms with van der Waals surface area (Å²) in [7, 11) is 0. The molecule has 3 rings (SSSR count). The number of nitrogens with two attached hydrogens (primary N) is 1. The van der Waals surface area contributed by atoms with Crippen LogP contribution in [-0.4, -0.2) is 36.7 Å². The zero-order chi connectivity index (χ0) is 14.1. The molecule has 0 radical (unpaired) electrons. The third kappa shape index (κ3) is 2.46. The number of nitrogens with zero attached hydrogens (tertiary/aromatic N) is 1. The van der Waals surface area contributed by atoms with Crippen molar-refractivity contribution in [1.82, 2.24) is 4.90 Å². The highest BCUT2D eigenvalue weighted by Gasteiger charge is 2.29. The quantitative estimate of drug-likeness (QED) is 0.934. The van der Waals surface area contributed by atoms with Crippen LogP contribution in [0.3, 0.4) is 0 Å². The zero-order valence-corrected chi connectivity index (χ0v) is 12.1. The Hall–Kier alpha value is -1.36. The van der Waals surface area contributed by atoms with E-state index < -0.39 is 0 Å². The average Bonchev–Trinajstić information content (AvgIpc) is 2.83. The Labute approximate surface area is 119 Å². The molecule has 2 N–H and O–H groups in total. The van der Waals surface area contributed by atoms with Crippen molar-refractivity contribution < 1.29 is 9.15 Å². The summed E-state index contributed by atoms with van der Waals surface area (Å²) in [5.74, 6) is 0. The van der Waals surface area contributed by atoms with Gasteiger partial charge in [-0.1, -0.05) is 18.2 Å². The zero-order valence-electron chi connectivity index (χ0n) is 12.1. The van der Waals surface area contributed by atoms with Crippen molar-refractivity contribution >= 4 is 11.0 Å². The minimum absolute atomic E-state index is 0.187. The highest BCUT2D eigenvalue weighted by atomic mass is 16.5. The molecule has 1 aromatic heterocycles. The third-order valence-corrected chi connectivity index (χ3v) is 3.98. The van der Waals surface area contributed by atoms with Gasteiger partial charge in [0.15, 0.2) is 0 Å². The van der Waals surface area contributed by atoms with E-state index in [0.29, 0.717) is 6.54 Å². The molecule has 1 fully saturated rings. The van der Waals surface area contributed by atoms with Crippen molar-refractivity contribution in [3.05, 3.63) is 36.1 Å². The maximum atomic E-state index is 6.05. The van der Waals surface area contributed by atoms with Crippen LogP contribution in [0.4, 0.5) is 0 Å². The van der Waals surface area contributed by atoms with Gasteiger partial charge in [-0.3, -0.25) is 4.90 Å². The molecule has 2 heterocycles. The van der Waals surface area contributed by atoms with Gasteiger partial charge < -0.3 is 14.9 Å². The predicted octanol–water partition coefficient (Wildman–Crippen LogP) is 2.54. The Kier molecular flexibility index (Phi) is 3.78. The van der Waals surface area contributed by atoms with Crippen molar-refractivity contribution in [2.45, 2.75) is 32.1 Å². The van der Waals surface area contributed by atoms with Gasteiger partial charge in [0, 0.05) is 30.6 Å². The fourth-order valence-corrected chi connectivity index (χ4v) is 3.20. The number of hydrogen-bond donors (Lipinski definition) is 1. The summed E-state index contributed by atoms with van der Waals surface area (Å²) >= 11 is 0. The summed E-state index contributed by atoms with van der Waals surface area (Å²) in [5, 5.41) is 1.16. The number of ether oxygens (including phenoxy) is 1. The Balaban J connectivity index is 1.93. The Bertz CT molecular complexity index is 571. The molecule has 1 unspecified atom stereocenters. The molecule has 1 aliphatic rings. The highest BCUT2D eigenvalue weighted by Crippen LogP contribution is 2.31. The molecule has 0 amide bonds. The van der Waals surface area contributed by atoms with E-state index >= 15 is 0 Å². The summed E-state index contributed by atoms with van der Waals surface area (Å²) in [6.07, 6.45) is 2.34. The van der Waals surface area contributed by atoms with Crippen molar-refractivity contribution in [2.75, 3.05) is 19.6 Å². The molecule has 4 nitrogen and oxygen atoms in total. The van der Waals surface area contributed by atoms with E-state index in [1.54, 1.807) is 0 Å². The SMILES string of the molecule is C[C@@H]1CN(C(CN)c2coc3ccccc23)C[C@H](C)O1. The third-order valence-electron chi connectivity index (χ3n) is 3.98. The first-order chi connectivity index (χ1) is 9.69. The molecule has 108 valence electrons. The number of rotatable bonds is 3. The van der Waals surface area contributed by atoms with Crippen LogP contribution < -0.4 is 5.73 Å². The van der Waals surface area contributed by atoms with E-state index in [0.717, 1.165) is 24.1 Å². The van der Waals surface area contributed by atoms with E-state index in [2.05, 4.69) is 24.8 Å². The number of fused-ring (bicyclic) bond motifs is 1. The second kappa shape index (κ2) is 5.56. The molecule has 2 aromatic rings. The van der Waals surface area contributed by atoms with Crippen LogP contribution in [-0.2, 0) is 4.74 Å². The molecular formula is C16H22N2O2. The van der Waals surface area contributed by atoms with Gasteiger partial charge in [0.05, 0.1) is 24.5 Å². The van der Waals surface area contributed by atoms with Gasteiger partial charge >= 0.3 is 0 Å². The van der Waals surface area contributed by atoms with Crippen molar-refractivity contribution in [1.29, 1.82) is 0 Å². The second-order valence-electron chi connectivity index (χ2n) is 5.65. The van der Waals surface area contributed by atoms with Crippen LogP contribution in [0.25, 0.3) is 11.0 Å². The molecule has 3 atom stereocenters. The molecule has 1 saturated heterocycles. The maximum Gasteiger partial charge on any atom is 0.134 e. The first-order valence-corrected chi connectivity index (χ1v) is 7.24. The Morgan fingerprint density at radius 2 is 1.95 bits per heavy atom. The van der Waals surface area contributed by atoms with E-state index in [4.69, 9.17) is 14.9 Å². The fraction of sp³-hybridized carbons (Fsp3) is 0.500. The van der Waals surface area contributed by atoms with Crippen molar-refractivity contribution in [2.24, 2.45) is 5.73 Å². The van der Waals surface area contributed by atoms with Gasteiger partial charge in [0.25, 0.3) is 0 Å². The van der Waals surface area contributed by atoms with Gasteiger partial charge in [0.2, 0.25) is 0 Å². The lowest BCUT2D eigenvalue weighted by Gasteiger charge is -2.39. The smallest absolute Gasteiger partial charge is 0.134 e. The average molecular weight is 274 g/mol. The Morgan fingerprint density at radius 1 is 1.25 bits per heavy atom. The van der Waals surface area contributed by atoms with Crippen molar-refractivity contribution in [3.8, 4) is 0 Å². The van der Waals surface area contributed by atoms with Gasteiger partial charge in [-0.25, -0.2) is 0 Å². The molecule has 0 saturated carbocycles. The number of benzene rings is 1. The van der Waals surface area contributed by atoms with Crippen LogP contribution in [0, 0.1) is 0 Å². The summed E-state index contributed by atoms with van der Waals surface area (Å²) in [6.45, 7) is 6.63. The minimum atomic E-state index is 0.187. The molecule has 20 heavy (non-hydrogen) atoms. The minimum Gasteiger partial charge on any atom is -0.464 e. The lowest BCUT2D eigenvalue weighted by molar-refractivity contribution is -0.0798. The normalized spacial score (nSPS) is 25.9. The van der Waals surface area contributed by atoms with Crippen LogP contribution in [0.2, 0.25) is 0 Å². The maximum absolute atomic E-state index is 6.05. The molecule has 1 aromatic carbocycles. The van der Waals surface area contributed by atoms with Gasteiger partial charge in [-0.15, -0.1) is 0 Å². The van der Waals surface area contributed by atoms with Crippen LogP contribution in [0.1, 0.15) is 25.5 Å². The van der Waals surface area contributed by atoms with Crippen LogP contribution in [0.15, 0.2) is 34.9 Å². The second-order valence-corrected chi connectivity index (χ2v) is 5.65. The largest absolute Gasteiger partial charge is 0.464 e. The molecule has 4 heteroatoms. The van der Waals surface area contributed by atoms with E-state index in [-0.39, 0.29) is 18.2 Å². The number of morpholine rings is 1. The lowest BCUT2D eigenvalue weighted by atomic mass is 10.0. The Morgan fingerprint density at radius 3 is 2.65 bits per heavy atom. The highest BCUT2D eigenvalue weighted by molar-refractivity contribution is 5.81. The first-order valence-electron chi connectivity index (χ1n) is 7.24. The van der Waals surface area contributed by atoms with Gasteiger partial charge in [-0.05, 0) is 19.9 Å². The van der Waals surface area contributed by atoms with Crippen molar-refractivity contribution in [3.63, 3.8) is 0 Å². The molecule has 1 aliphatic heterocycles. The molecule has 0 bridgehead atoms. The predicted molar refractivity (Wildman–Crippen MR) is 79.6 cm³/mol. The van der Waals surface area contributed by atoms with Crippen LogP contribution in [0.5, 0.6) is 0 Å². The first kappa shape index (κ1) is 13.6.